The first kappa shape index (κ1) is 19.0. The van der Waals surface area contributed by atoms with E-state index in [1.165, 1.54) is 12.1 Å². The molecule has 146 valence electrons. The fraction of sp³-hybridized carbons (Fsp3) is 0.0870. The van der Waals surface area contributed by atoms with Crippen molar-refractivity contribution in [3.63, 3.8) is 0 Å². The number of rotatable bonds is 6. The molecule has 5 nitrogen and oxygen atoms in total. The van der Waals surface area contributed by atoms with E-state index >= 15 is 0 Å². The van der Waals surface area contributed by atoms with Crippen molar-refractivity contribution in [1.82, 2.24) is 4.98 Å². The summed E-state index contributed by atoms with van der Waals surface area (Å²) < 4.78 is 34.2. The zero-order valence-corrected chi connectivity index (χ0v) is 16.7. The summed E-state index contributed by atoms with van der Waals surface area (Å²) in [5.74, 6) is 0.480. The van der Waals surface area contributed by atoms with E-state index in [0.29, 0.717) is 11.6 Å². The molecule has 0 atom stereocenters. The van der Waals surface area contributed by atoms with Crippen molar-refractivity contribution < 1.29 is 12.8 Å². The maximum absolute atomic E-state index is 12.9. The summed E-state index contributed by atoms with van der Waals surface area (Å²) in [6, 6.07) is 25.4. The fourth-order valence-corrected chi connectivity index (χ4v) is 4.13. The maximum Gasteiger partial charge on any atom is 0.264 e. The minimum absolute atomic E-state index is 0.0981. The Morgan fingerprint density at radius 2 is 1.48 bits per heavy atom. The van der Waals surface area contributed by atoms with Crippen LogP contribution < -0.4 is 4.72 Å². The van der Waals surface area contributed by atoms with Crippen LogP contribution in [0.3, 0.4) is 0 Å². The Morgan fingerprint density at radius 1 is 0.862 bits per heavy atom. The Morgan fingerprint density at radius 3 is 2.17 bits per heavy atom. The second-order valence-corrected chi connectivity index (χ2v) is 8.17. The van der Waals surface area contributed by atoms with Crippen molar-refractivity contribution in [1.29, 1.82) is 0 Å². The van der Waals surface area contributed by atoms with Gasteiger partial charge in [-0.15, -0.1) is 0 Å². The summed E-state index contributed by atoms with van der Waals surface area (Å²) in [6.07, 6.45) is 0.810. The molecule has 0 saturated heterocycles. The molecule has 29 heavy (non-hydrogen) atoms. The van der Waals surface area contributed by atoms with E-state index in [9.17, 15) is 8.42 Å². The van der Waals surface area contributed by atoms with Gasteiger partial charge in [0.05, 0.1) is 4.90 Å². The monoisotopic (exact) mass is 404 g/mol. The number of oxazole rings is 1. The van der Waals surface area contributed by atoms with E-state index in [-0.39, 0.29) is 10.8 Å². The molecule has 0 spiro atoms. The van der Waals surface area contributed by atoms with Crippen molar-refractivity contribution in [3.05, 3.63) is 90.5 Å². The van der Waals surface area contributed by atoms with Gasteiger partial charge < -0.3 is 4.42 Å². The maximum atomic E-state index is 12.9. The lowest BCUT2D eigenvalue weighted by molar-refractivity contribution is 0.580. The molecular formula is C23H20N2O3S. The Kier molecular flexibility index (Phi) is 5.18. The summed E-state index contributed by atoms with van der Waals surface area (Å²) in [4.78, 5) is 4.80. The third kappa shape index (κ3) is 3.93. The molecule has 0 radical (unpaired) electrons. The summed E-state index contributed by atoms with van der Waals surface area (Å²) in [6.45, 7) is 2.05. The number of hydrogen-bond donors (Lipinski definition) is 1. The number of nitrogens with zero attached hydrogens (tertiary/aromatic N) is 1. The lowest BCUT2D eigenvalue weighted by atomic mass is 10.1. The summed E-state index contributed by atoms with van der Waals surface area (Å²) in [7, 11) is -3.81. The first-order valence-electron chi connectivity index (χ1n) is 9.31. The number of sulfonamides is 1. The van der Waals surface area contributed by atoms with Crippen LogP contribution >= 0.6 is 0 Å². The molecule has 0 fully saturated rings. The average Bonchev–Trinajstić information content (AvgIpc) is 3.18. The number of aromatic nitrogens is 1. The minimum Gasteiger partial charge on any atom is -0.419 e. The van der Waals surface area contributed by atoms with E-state index in [4.69, 9.17) is 4.42 Å². The largest absolute Gasteiger partial charge is 0.419 e. The second-order valence-electron chi connectivity index (χ2n) is 6.49. The highest BCUT2D eigenvalue weighted by atomic mass is 32.2. The highest BCUT2D eigenvalue weighted by molar-refractivity contribution is 7.92. The highest BCUT2D eigenvalue weighted by Gasteiger charge is 2.23. The van der Waals surface area contributed by atoms with Crippen LogP contribution in [0.15, 0.2) is 94.2 Å². The van der Waals surface area contributed by atoms with Crippen LogP contribution in [0.5, 0.6) is 0 Å². The smallest absolute Gasteiger partial charge is 0.264 e. The normalized spacial score (nSPS) is 11.3. The summed E-state index contributed by atoms with van der Waals surface area (Å²) >= 11 is 0. The van der Waals surface area contributed by atoms with Gasteiger partial charge in [-0.3, -0.25) is 0 Å². The van der Waals surface area contributed by atoms with Gasteiger partial charge >= 0.3 is 0 Å². The van der Waals surface area contributed by atoms with Gasteiger partial charge in [-0.05, 0) is 30.2 Å². The lowest BCUT2D eigenvalue weighted by Crippen LogP contribution is -2.12. The SMILES string of the molecule is CCc1ccccc1-c1nc(-c2ccccc2)c(NS(=O)(=O)c2ccccc2)o1. The van der Waals surface area contributed by atoms with E-state index in [2.05, 4.69) is 16.6 Å². The second kappa shape index (κ2) is 7.93. The topological polar surface area (TPSA) is 72.2 Å². The van der Waals surface area contributed by atoms with Crippen molar-refractivity contribution in [3.8, 4) is 22.7 Å². The average molecular weight is 404 g/mol. The molecule has 1 aromatic heterocycles. The Hall–Kier alpha value is -3.38. The third-order valence-electron chi connectivity index (χ3n) is 4.58. The van der Waals surface area contributed by atoms with Gasteiger partial charge in [0.2, 0.25) is 11.8 Å². The number of aryl methyl sites for hydroxylation is 1. The van der Waals surface area contributed by atoms with E-state index in [0.717, 1.165) is 23.1 Å². The van der Waals surface area contributed by atoms with Crippen LogP contribution in [0.4, 0.5) is 5.88 Å². The zero-order valence-electron chi connectivity index (χ0n) is 15.9. The molecule has 0 aliphatic carbocycles. The van der Waals surface area contributed by atoms with E-state index in [1.807, 2.05) is 54.6 Å². The Labute approximate surface area is 170 Å². The molecule has 6 heteroatoms. The molecule has 1 heterocycles. The molecule has 3 aromatic carbocycles. The van der Waals surface area contributed by atoms with Gasteiger partial charge in [0.15, 0.2) is 0 Å². The molecule has 0 aliphatic rings. The molecule has 0 bridgehead atoms. The first-order valence-corrected chi connectivity index (χ1v) is 10.8. The van der Waals surface area contributed by atoms with Crippen LogP contribution in [0.1, 0.15) is 12.5 Å². The first-order chi connectivity index (χ1) is 14.1. The molecular weight excluding hydrogens is 384 g/mol. The molecule has 4 rings (SSSR count). The predicted octanol–water partition coefficient (Wildman–Crippen LogP) is 5.37. The van der Waals surface area contributed by atoms with Gasteiger partial charge in [-0.2, -0.15) is 0 Å². The minimum atomic E-state index is -3.81. The summed E-state index contributed by atoms with van der Waals surface area (Å²) in [5.41, 5.74) is 3.14. The number of anilines is 1. The van der Waals surface area contributed by atoms with Gasteiger partial charge in [0, 0.05) is 11.1 Å². The molecule has 0 unspecified atom stereocenters. The Bertz CT molecular complexity index is 1220. The molecule has 4 aromatic rings. The van der Waals surface area contributed by atoms with Crippen molar-refractivity contribution in [2.75, 3.05) is 4.72 Å². The van der Waals surface area contributed by atoms with Crippen LogP contribution in [-0.4, -0.2) is 13.4 Å². The third-order valence-corrected chi connectivity index (χ3v) is 5.93. The van der Waals surface area contributed by atoms with Crippen LogP contribution in [-0.2, 0) is 16.4 Å². The number of hydrogen-bond acceptors (Lipinski definition) is 4. The van der Waals surface area contributed by atoms with Gasteiger partial charge in [-0.1, -0.05) is 73.7 Å². The Balaban J connectivity index is 1.83. The van der Waals surface area contributed by atoms with Crippen LogP contribution in [0, 0.1) is 0 Å². The predicted molar refractivity (Wildman–Crippen MR) is 114 cm³/mol. The van der Waals surface area contributed by atoms with E-state index < -0.39 is 10.0 Å². The van der Waals surface area contributed by atoms with Crippen molar-refractivity contribution in [2.24, 2.45) is 0 Å². The van der Waals surface area contributed by atoms with Gasteiger partial charge in [0.25, 0.3) is 10.0 Å². The summed E-state index contributed by atoms with van der Waals surface area (Å²) in [5, 5.41) is 0. The van der Waals surface area contributed by atoms with Crippen molar-refractivity contribution >= 4 is 15.9 Å². The van der Waals surface area contributed by atoms with Gasteiger partial charge in [0.1, 0.15) is 5.69 Å². The zero-order chi connectivity index (χ0) is 20.3. The lowest BCUT2D eigenvalue weighted by Gasteiger charge is -2.07. The number of nitrogens with one attached hydrogen (secondary N) is 1. The highest BCUT2D eigenvalue weighted by Crippen LogP contribution is 2.35. The van der Waals surface area contributed by atoms with Crippen LogP contribution in [0.25, 0.3) is 22.7 Å². The molecule has 0 aliphatic heterocycles. The molecule has 0 amide bonds. The molecule has 1 N–H and O–H groups in total. The van der Waals surface area contributed by atoms with Gasteiger partial charge in [-0.25, -0.2) is 18.1 Å². The standard InChI is InChI=1S/C23H20N2O3S/c1-2-17-11-9-10-16-20(17)22-24-21(18-12-5-3-6-13-18)23(28-22)25-29(26,27)19-14-7-4-8-15-19/h3-16,25H,2H2,1H3. The quantitative estimate of drug-likeness (QED) is 0.469. The number of benzene rings is 3. The molecule has 0 saturated carbocycles. The fourth-order valence-electron chi connectivity index (χ4n) is 3.11. The van der Waals surface area contributed by atoms with Crippen LogP contribution in [0.2, 0.25) is 0 Å². The van der Waals surface area contributed by atoms with Crippen molar-refractivity contribution in [2.45, 2.75) is 18.2 Å². The van der Waals surface area contributed by atoms with E-state index in [1.54, 1.807) is 18.2 Å².